The van der Waals surface area contributed by atoms with Crippen LogP contribution in [-0.2, 0) is 122 Å². The van der Waals surface area contributed by atoms with Gasteiger partial charge in [0, 0.05) is 132 Å². The van der Waals surface area contributed by atoms with Gasteiger partial charge in [-0.15, -0.1) is 23.5 Å². The Balaban J connectivity index is 0.826. The van der Waals surface area contributed by atoms with Gasteiger partial charge in [-0.1, -0.05) is 106 Å². The molecule has 16 rings (SSSR count). The highest BCUT2D eigenvalue weighted by atomic mass is 32.2. The first-order valence-electron chi connectivity index (χ1n) is 48.9. The molecule has 146 heavy (non-hydrogen) atoms. The number of fused-ring (bicyclic) bond motifs is 6. The summed E-state index contributed by atoms with van der Waals surface area (Å²) in [7, 11) is 5.82. The summed E-state index contributed by atoms with van der Waals surface area (Å²) in [6, 6.07) is 17.1. The Bertz CT molecular complexity index is 5700. The van der Waals surface area contributed by atoms with Crippen LogP contribution in [0.15, 0.2) is 121 Å². The van der Waals surface area contributed by atoms with Gasteiger partial charge in [0.2, 0.25) is 59.1 Å². The third kappa shape index (κ3) is 28.7. The van der Waals surface area contributed by atoms with Crippen LogP contribution >= 0.6 is 23.5 Å². The van der Waals surface area contributed by atoms with E-state index in [1.165, 1.54) is 88.5 Å². The Morgan fingerprint density at radius 2 is 0.897 bits per heavy atom. The van der Waals surface area contributed by atoms with Crippen LogP contribution in [0, 0.1) is 11.8 Å². The van der Waals surface area contributed by atoms with Crippen molar-refractivity contribution < 1.29 is 134 Å². The number of thioether (sulfide) groups is 2. The normalized spacial score (nSPS) is 23.5. The SMILES string of the molecule is C=C1CC2CN3C(=O)OCc4ccc(cc4)NC(=O)C(CCCCCC(=O)COCCOC)NC(=O)C(C)CC(=O)C4NC(=O)CCN5C(=O)CC(SCSC6CC(=O)N(CCC(=O)NC4C(=O)CC(C)C(=O)NC(CCCCCC(=O)COCCOC)C(=O)Nc4ccc(cc4)COC(=O)N4c7cc(c(OC)cc7C(=O)N7CC(=C)CC7C4C)OCc4cccc(c4)COc4cc3c(cc4OC)C(=O)N2C1)C6=O)C5=O. The quantitative estimate of drug-likeness (QED) is 0.0190. The van der Waals surface area contributed by atoms with E-state index < -0.39 is 198 Å². The van der Waals surface area contributed by atoms with Crippen LogP contribution < -0.4 is 60.6 Å². The Morgan fingerprint density at radius 3 is 1.38 bits per heavy atom. The lowest BCUT2D eigenvalue weighted by molar-refractivity contribution is -0.141. The second-order valence-corrected chi connectivity index (χ2v) is 40.2. The molecule has 0 saturated carbocycles. The molecule has 5 fully saturated rings. The van der Waals surface area contributed by atoms with Crippen molar-refractivity contribution in [3.8, 4) is 23.0 Å². The van der Waals surface area contributed by atoms with Gasteiger partial charge in [-0.25, -0.2) is 9.59 Å². The zero-order valence-corrected chi connectivity index (χ0v) is 84.6. The van der Waals surface area contributed by atoms with Gasteiger partial charge in [0.05, 0.1) is 98.3 Å². The number of hydrogen-bond donors (Lipinski definition) is 6. The number of carbonyl (C=O) groups is 18. The summed E-state index contributed by atoms with van der Waals surface area (Å²) in [6.45, 7) is 12.0. The lowest BCUT2D eigenvalue weighted by atomic mass is 9.89. The molecule has 0 aromatic heterocycles. The second-order valence-electron chi connectivity index (χ2n) is 37.5. The topological polar surface area (TPSA) is 491 Å². The van der Waals surface area contributed by atoms with E-state index in [9.17, 15) is 71.9 Å². The summed E-state index contributed by atoms with van der Waals surface area (Å²) in [5, 5.41) is 14.5. The van der Waals surface area contributed by atoms with E-state index in [1.807, 2.05) is 18.2 Å². The van der Waals surface area contributed by atoms with E-state index in [1.54, 1.807) is 59.2 Å². The molecule has 5 aromatic carbocycles. The van der Waals surface area contributed by atoms with E-state index in [-0.39, 0.29) is 211 Å². The molecule has 11 aliphatic heterocycles. The Kier molecular flexibility index (Phi) is 39.2. The lowest BCUT2D eigenvalue weighted by Crippen LogP contribution is -2.60. The smallest absolute Gasteiger partial charge is 0.414 e. The fraction of sp³-hybridized carbons (Fsp3) is 0.500. The highest BCUT2D eigenvalue weighted by Crippen LogP contribution is 2.45. The molecule has 782 valence electrons. The first-order chi connectivity index (χ1) is 70.2. The van der Waals surface area contributed by atoms with Crippen molar-refractivity contribution in [1.82, 2.24) is 40.9 Å². The summed E-state index contributed by atoms with van der Waals surface area (Å²) in [5.74, 6) is -13.5. The summed E-state index contributed by atoms with van der Waals surface area (Å²) in [4.78, 5) is 268. The third-order valence-electron chi connectivity index (χ3n) is 26.7. The van der Waals surface area contributed by atoms with Crippen molar-refractivity contribution >= 4 is 152 Å². The zero-order chi connectivity index (χ0) is 105. The van der Waals surface area contributed by atoms with Crippen molar-refractivity contribution in [2.24, 2.45) is 11.8 Å². The molecule has 40 nitrogen and oxygen atoms in total. The molecule has 11 aliphatic rings. The minimum Gasteiger partial charge on any atom is -0.493 e. The maximum atomic E-state index is 15.6. The number of amides is 14. The number of imide groups is 2. The molecular weight excluding hydrogens is 1930 g/mol. The molecule has 11 heterocycles. The number of nitrogens with zero attached hydrogens (tertiary/aromatic N) is 6. The minimum absolute atomic E-state index is 0.0122. The number of Topliss-reactive ketones (excluding diaryl/α,β-unsaturated/α-hetero) is 4. The fourth-order valence-corrected chi connectivity index (χ4v) is 21.3. The average molecular weight is 2060 g/mol. The summed E-state index contributed by atoms with van der Waals surface area (Å²) >= 11 is 2.13. The van der Waals surface area contributed by atoms with Crippen molar-refractivity contribution in [1.29, 1.82) is 0 Å². The van der Waals surface area contributed by atoms with E-state index in [0.29, 0.717) is 60.8 Å². The van der Waals surface area contributed by atoms with Crippen LogP contribution in [0.2, 0.25) is 0 Å². The number of methoxy groups -OCH3 is 4. The molecule has 11 unspecified atom stereocenters. The molecule has 0 aliphatic carbocycles. The average Bonchev–Trinajstić information content (AvgIpc) is 1.59. The van der Waals surface area contributed by atoms with Gasteiger partial charge in [-0.05, 0) is 110 Å². The highest BCUT2D eigenvalue weighted by Gasteiger charge is 2.49. The van der Waals surface area contributed by atoms with Crippen LogP contribution in [-0.4, -0.2) is 284 Å². The molecule has 14 amide bonds. The largest absolute Gasteiger partial charge is 0.493 e. The third-order valence-corrected chi connectivity index (χ3v) is 29.3. The van der Waals surface area contributed by atoms with Gasteiger partial charge in [-0.3, -0.25) is 96.3 Å². The lowest BCUT2D eigenvalue weighted by Gasteiger charge is -2.33. The maximum Gasteiger partial charge on any atom is 0.414 e. The van der Waals surface area contributed by atoms with Gasteiger partial charge in [0.25, 0.3) is 11.8 Å². The number of hydrogen-bond acceptors (Lipinski definition) is 30. The molecule has 42 heteroatoms. The summed E-state index contributed by atoms with van der Waals surface area (Å²) in [6.07, 6.45) is -2.35. The van der Waals surface area contributed by atoms with Crippen LogP contribution in [0.25, 0.3) is 0 Å². The van der Waals surface area contributed by atoms with E-state index in [2.05, 4.69) is 45.1 Å². The summed E-state index contributed by atoms with van der Waals surface area (Å²) < 4.78 is 57.9. The Labute approximate surface area is 853 Å². The molecule has 5 saturated heterocycles. The molecule has 6 N–H and O–H groups in total. The van der Waals surface area contributed by atoms with E-state index >= 15 is 14.4 Å². The molecule has 5 aromatic rings. The summed E-state index contributed by atoms with van der Waals surface area (Å²) in [5.41, 5.74) is 4.72. The standard InChI is InChI=1S/C104H126N12O28S2/c1-60-39-71-52-115-79-46-85(83(137-8)44-74(79)99(129)113(71)50-60)141-55-67-17-16-18-68(43-67)56-142-86-47-80-75(45-84(86)138-9)100(130)114-51-61(2)40-78(114)64(5)116(80)104(134)144-54-66-25-29-70(30-26-66)106-98(128)77(22-15-11-13-20-73(118)58-140-38-36-136-7)108-96(126)63(4)42-82(120)94-93(109-89(121)31-33-111-91(123)48-87(101(111)131)145-59-146-88-49-92(124)112(102(88)132)34-32-90(122)110-94)81(119)41-62(3)95(125)107-76(21-14-10-12-19-72(117)57-139-37-35-135-6)97(127)105-69-27-23-65(24-28-69)53-143-103(115)133/h16-18,23-30,43-47,62-64,71,76-78,87-88,93-94H,1-2,10-15,19-22,31-42,48-59H2,3-9H3,(H,105,127)(H,106,128)(H,107,125)(H,108,126)(H,109,121)(H,110,122). The van der Waals surface area contributed by atoms with Crippen molar-refractivity contribution in [3.05, 3.63) is 155 Å². The molecule has 14 bridgehead atoms. The number of benzene rings is 5. The minimum atomic E-state index is -2.14. The van der Waals surface area contributed by atoms with Gasteiger partial charge < -0.3 is 89.1 Å². The van der Waals surface area contributed by atoms with Gasteiger partial charge in [0.15, 0.2) is 46.1 Å². The first kappa shape index (κ1) is 110. The predicted octanol–water partition coefficient (Wildman–Crippen LogP) is 8.96. The number of carbonyl (C=O) groups excluding carboxylic acids is 18. The second kappa shape index (κ2) is 52.1. The van der Waals surface area contributed by atoms with Gasteiger partial charge in [0.1, 0.15) is 63.8 Å². The monoisotopic (exact) mass is 2050 g/mol. The molecule has 0 spiro atoms. The van der Waals surface area contributed by atoms with E-state index in [4.69, 9.17) is 47.4 Å². The van der Waals surface area contributed by atoms with Crippen molar-refractivity contribution in [3.63, 3.8) is 0 Å². The number of anilines is 4. The highest BCUT2D eigenvalue weighted by molar-refractivity contribution is 8.17. The molecule has 0 radical (unpaired) electrons. The van der Waals surface area contributed by atoms with Crippen LogP contribution in [0.3, 0.4) is 0 Å². The maximum absolute atomic E-state index is 15.6. The first-order valence-corrected chi connectivity index (χ1v) is 51.0. The van der Waals surface area contributed by atoms with Crippen molar-refractivity contribution in [2.75, 3.05) is 126 Å². The zero-order valence-electron chi connectivity index (χ0n) is 83.0. The van der Waals surface area contributed by atoms with Gasteiger partial charge in [-0.2, -0.15) is 0 Å². The molecule has 11 atom stereocenters. The van der Waals surface area contributed by atoms with Crippen LogP contribution in [0.5, 0.6) is 23.0 Å². The number of nitrogens with one attached hydrogen (secondary N) is 6. The van der Waals surface area contributed by atoms with Gasteiger partial charge >= 0.3 is 12.2 Å². The van der Waals surface area contributed by atoms with E-state index in [0.717, 1.165) is 44.5 Å². The molecular formula is C104H126N12O28S2. The van der Waals surface area contributed by atoms with Crippen LogP contribution in [0.1, 0.15) is 179 Å². The number of rotatable bonds is 24. The van der Waals surface area contributed by atoms with Crippen LogP contribution in [0.4, 0.5) is 32.3 Å². The van der Waals surface area contributed by atoms with Crippen molar-refractivity contribution in [2.45, 2.75) is 216 Å². The number of ketones is 4. The Morgan fingerprint density at radius 1 is 0.452 bits per heavy atom. The fourth-order valence-electron chi connectivity index (χ4n) is 18.6. The Hall–Kier alpha value is -13.4. The predicted molar refractivity (Wildman–Crippen MR) is 534 cm³/mol. The number of unbranched alkanes of at least 4 members (excludes halogenated alkanes) is 4. The number of ether oxygens (including phenoxy) is 10.